The molecule has 0 aliphatic carbocycles. The highest BCUT2D eigenvalue weighted by molar-refractivity contribution is 9.09. The third kappa shape index (κ3) is 2.41. The molecule has 0 saturated carbocycles. The average molecular weight is 270 g/mol. The van der Waals surface area contributed by atoms with E-state index >= 15 is 0 Å². The Morgan fingerprint density at radius 1 is 1.40 bits per heavy atom. The van der Waals surface area contributed by atoms with Gasteiger partial charge in [0.25, 0.3) is 0 Å². The van der Waals surface area contributed by atoms with Gasteiger partial charge in [-0.15, -0.1) is 5.10 Å². The van der Waals surface area contributed by atoms with Gasteiger partial charge in [0.1, 0.15) is 5.82 Å². The largest absolute Gasteiger partial charge is 0.220 e. The molecule has 0 aliphatic heterocycles. The summed E-state index contributed by atoms with van der Waals surface area (Å²) in [6.45, 7) is 0. The van der Waals surface area contributed by atoms with Crippen molar-refractivity contribution in [1.29, 1.82) is 0 Å². The maximum Gasteiger partial charge on any atom is 0.125 e. The molecule has 3 nitrogen and oxygen atoms in total. The Labute approximate surface area is 95.0 Å². The molecule has 2 rings (SSSR count). The van der Waals surface area contributed by atoms with E-state index in [1.54, 1.807) is 23.0 Å². The molecule has 1 heterocycles. The van der Waals surface area contributed by atoms with E-state index < -0.39 is 0 Å². The van der Waals surface area contributed by atoms with Crippen LogP contribution in [0.1, 0.15) is 5.69 Å². The minimum atomic E-state index is -0.273. The molecule has 1 aromatic carbocycles. The Bertz CT molecular complexity index is 455. The fraction of sp³-hybridized carbons (Fsp3) is 0.200. The van der Waals surface area contributed by atoms with Gasteiger partial charge in [0, 0.05) is 11.8 Å². The van der Waals surface area contributed by atoms with Crippen LogP contribution in [0.3, 0.4) is 0 Å². The van der Waals surface area contributed by atoms with Crippen LogP contribution >= 0.6 is 15.9 Å². The molecule has 0 aliphatic rings. The van der Waals surface area contributed by atoms with Crippen molar-refractivity contribution in [3.63, 3.8) is 0 Å². The molecule has 1 aromatic heterocycles. The second-order valence-electron chi connectivity index (χ2n) is 3.07. The van der Waals surface area contributed by atoms with Crippen molar-refractivity contribution in [2.45, 2.75) is 6.42 Å². The summed E-state index contributed by atoms with van der Waals surface area (Å²) < 4.78 is 14.5. The van der Waals surface area contributed by atoms with Crippen LogP contribution in [0.5, 0.6) is 0 Å². The lowest BCUT2D eigenvalue weighted by Crippen LogP contribution is -1.94. The first-order valence-corrected chi connectivity index (χ1v) is 5.65. The molecule has 0 bridgehead atoms. The van der Waals surface area contributed by atoms with Crippen LogP contribution in [0, 0.1) is 5.82 Å². The lowest BCUT2D eigenvalue weighted by Gasteiger charge is -1.98. The van der Waals surface area contributed by atoms with Gasteiger partial charge in [0.15, 0.2) is 0 Å². The first kappa shape index (κ1) is 10.3. The maximum absolute atomic E-state index is 12.9. The summed E-state index contributed by atoms with van der Waals surface area (Å²) in [7, 11) is 0. The molecule has 0 saturated heterocycles. The zero-order chi connectivity index (χ0) is 10.7. The summed E-state index contributed by atoms with van der Waals surface area (Å²) in [6.07, 6.45) is 2.62. The van der Waals surface area contributed by atoms with Crippen LogP contribution in [-0.4, -0.2) is 20.3 Å². The molecule has 78 valence electrons. The summed E-state index contributed by atoms with van der Waals surface area (Å²) in [5, 5.41) is 8.74. The topological polar surface area (TPSA) is 30.7 Å². The summed E-state index contributed by atoms with van der Waals surface area (Å²) in [4.78, 5) is 0. The standard InChI is InChI=1S/C10H9BrFN3/c11-5-4-9-7-15(14-13-9)10-3-1-2-8(12)6-10/h1-3,6-7H,4-5H2. The van der Waals surface area contributed by atoms with Gasteiger partial charge in [-0.2, -0.15) is 0 Å². The third-order valence-electron chi connectivity index (χ3n) is 1.96. The molecular formula is C10H9BrFN3. The number of nitrogens with zero attached hydrogens (tertiary/aromatic N) is 3. The van der Waals surface area contributed by atoms with Crippen LogP contribution < -0.4 is 0 Å². The van der Waals surface area contributed by atoms with E-state index in [4.69, 9.17) is 0 Å². The Morgan fingerprint density at radius 2 is 2.27 bits per heavy atom. The molecule has 0 radical (unpaired) electrons. The highest BCUT2D eigenvalue weighted by atomic mass is 79.9. The second kappa shape index (κ2) is 4.53. The smallest absolute Gasteiger partial charge is 0.125 e. The van der Waals surface area contributed by atoms with E-state index in [-0.39, 0.29) is 5.82 Å². The van der Waals surface area contributed by atoms with Crippen molar-refractivity contribution >= 4 is 15.9 Å². The van der Waals surface area contributed by atoms with Crippen LogP contribution in [0.2, 0.25) is 0 Å². The molecule has 0 unspecified atom stereocenters. The lowest BCUT2D eigenvalue weighted by molar-refractivity contribution is 0.625. The first-order chi connectivity index (χ1) is 7.29. The molecule has 15 heavy (non-hydrogen) atoms. The fourth-order valence-electron chi connectivity index (χ4n) is 1.25. The van der Waals surface area contributed by atoms with Crippen LogP contribution in [0.15, 0.2) is 30.5 Å². The van der Waals surface area contributed by atoms with E-state index in [1.807, 2.05) is 0 Å². The number of aryl methyl sites for hydroxylation is 1. The Hall–Kier alpha value is -1.23. The van der Waals surface area contributed by atoms with E-state index in [9.17, 15) is 4.39 Å². The van der Waals surface area contributed by atoms with Crippen molar-refractivity contribution in [2.24, 2.45) is 0 Å². The van der Waals surface area contributed by atoms with Crippen LogP contribution in [0.4, 0.5) is 4.39 Å². The minimum absolute atomic E-state index is 0.273. The normalized spacial score (nSPS) is 10.5. The number of hydrogen-bond donors (Lipinski definition) is 0. The number of rotatable bonds is 3. The maximum atomic E-state index is 12.9. The van der Waals surface area contributed by atoms with Gasteiger partial charge < -0.3 is 0 Å². The number of alkyl halides is 1. The van der Waals surface area contributed by atoms with Crippen molar-refractivity contribution in [3.8, 4) is 5.69 Å². The molecule has 5 heteroatoms. The molecule has 0 spiro atoms. The zero-order valence-electron chi connectivity index (χ0n) is 7.90. The summed E-state index contributed by atoms with van der Waals surface area (Å²) >= 11 is 3.33. The molecule has 0 N–H and O–H groups in total. The van der Waals surface area contributed by atoms with Gasteiger partial charge in [-0.3, -0.25) is 0 Å². The fourth-order valence-corrected chi connectivity index (χ4v) is 1.66. The Balaban J connectivity index is 2.29. The molecule has 0 fully saturated rings. The third-order valence-corrected chi connectivity index (χ3v) is 2.36. The predicted octanol–water partition coefficient (Wildman–Crippen LogP) is 2.34. The highest BCUT2D eigenvalue weighted by Gasteiger charge is 2.02. The average Bonchev–Trinajstić information content (AvgIpc) is 2.67. The number of hydrogen-bond acceptors (Lipinski definition) is 2. The van der Waals surface area contributed by atoms with Crippen LogP contribution in [0.25, 0.3) is 5.69 Å². The summed E-state index contributed by atoms with van der Waals surface area (Å²) in [5.74, 6) is -0.273. The van der Waals surface area contributed by atoms with E-state index in [0.717, 1.165) is 17.4 Å². The number of halogens is 2. The van der Waals surface area contributed by atoms with Crippen molar-refractivity contribution in [2.75, 3.05) is 5.33 Å². The molecule has 2 aromatic rings. The Morgan fingerprint density at radius 3 is 3.00 bits per heavy atom. The first-order valence-electron chi connectivity index (χ1n) is 4.53. The molecule has 0 amide bonds. The van der Waals surface area contributed by atoms with Crippen molar-refractivity contribution < 1.29 is 4.39 Å². The van der Waals surface area contributed by atoms with E-state index in [0.29, 0.717) is 5.69 Å². The lowest BCUT2D eigenvalue weighted by atomic mass is 10.3. The Kier molecular flexibility index (Phi) is 3.11. The van der Waals surface area contributed by atoms with Crippen LogP contribution in [-0.2, 0) is 6.42 Å². The number of aromatic nitrogens is 3. The van der Waals surface area contributed by atoms with E-state index in [2.05, 4.69) is 26.2 Å². The van der Waals surface area contributed by atoms with Crippen molar-refractivity contribution in [3.05, 3.63) is 42.0 Å². The van der Waals surface area contributed by atoms with Gasteiger partial charge in [0.2, 0.25) is 0 Å². The summed E-state index contributed by atoms with van der Waals surface area (Å²) in [6, 6.07) is 6.26. The van der Waals surface area contributed by atoms with Crippen molar-refractivity contribution in [1.82, 2.24) is 15.0 Å². The van der Waals surface area contributed by atoms with Gasteiger partial charge in [0.05, 0.1) is 17.6 Å². The van der Waals surface area contributed by atoms with Gasteiger partial charge in [-0.25, -0.2) is 9.07 Å². The summed E-state index contributed by atoms with van der Waals surface area (Å²) in [5.41, 5.74) is 1.57. The number of benzene rings is 1. The SMILES string of the molecule is Fc1cccc(-n2cc(CCBr)nn2)c1. The monoisotopic (exact) mass is 269 g/mol. The minimum Gasteiger partial charge on any atom is -0.220 e. The second-order valence-corrected chi connectivity index (χ2v) is 3.87. The predicted molar refractivity (Wildman–Crippen MR) is 58.8 cm³/mol. The molecule has 0 atom stereocenters. The van der Waals surface area contributed by atoms with Gasteiger partial charge in [-0.1, -0.05) is 27.2 Å². The van der Waals surface area contributed by atoms with E-state index in [1.165, 1.54) is 12.1 Å². The zero-order valence-corrected chi connectivity index (χ0v) is 9.48. The van der Waals surface area contributed by atoms with Gasteiger partial charge >= 0.3 is 0 Å². The highest BCUT2D eigenvalue weighted by Crippen LogP contribution is 2.09. The quantitative estimate of drug-likeness (QED) is 0.801. The van der Waals surface area contributed by atoms with Gasteiger partial charge in [-0.05, 0) is 18.2 Å². The molecular weight excluding hydrogens is 261 g/mol.